The van der Waals surface area contributed by atoms with Crippen molar-refractivity contribution in [1.29, 1.82) is 0 Å². The molecule has 112 valence electrons. The number of aliphatic hydroxyl groups is 1. The highest BCUT2D eigenvalue weighted by atomic mass is 35.5. The fraction of sp³-hybridized carbons (Fsp3) is 0.438. The Bertz CT molecular complexity index is 611. The number of nitrogens with zero attached hydrogens (tertiary/aromatic N) is 3. The van der Waals surface area contributed by atoms with Crippen LogP contribution < -0.4 is 0 Å². The third kappa shape index (κ3) is 3.35. The maximum atomic E-state index is 8.99. The molecule has 1 aliphatic heterocycles. The van der Waals surface area contributed by atoms with Crippen molar-refractivity contribution in [3.63, 3.8) is 0 Å². The van der Waals surface area contributed by atoms with Gasteiger partial charge in [0.1, 0.15) is 0 Å². The summed E-state index contributed by atoms with van der Waals surface area (Å²) in [4.78, 5) is 9.23. The van der Waals surface area contributed by atoms with Gasteiger partial charge < -0.3 is 5.11 Å². The molecule has 21 heavy (non-hydrogen) atoms. The molecule has 0 unspecified atom stereocenters. The molecule has 5 heteroatoms. The molecule has 1 N–H and O–H groups in total. The van der Waals surface area contributed by atoms with Crippen LogP contribution in [-0.2, 0) is 6.54 Å². The van der Waals surface area contributed by atoms with Gasteiger partial charge in [-0.3, -0.25) is 14.8 Å². The standard InChI is InChI=1S/C16H20ClN3O/c17-15-4-3-13(16-14(15)2-1-5-18-16)12-20-8-6-19(7-9-20)10-11-21/h1-5,21H,6-12H2. The van der Waals surface area contributed by atoms with Crippen LogP contribution in [0.15, 0.2) is 30.5 Å². The maximum Gasteiger partial charge on any atom is 0.0761 e. The zero-order valence-corrected chi connectivity index (χ0v) is 12.8. The predicted octanol–water partition coefficient (Wildman–Crippen LogP) is 2.00. The minimum absolute atomic E-state index is 0.242. The quantitative estimate of drug-likeness (QED) is 0.938. The summed E-state index contributed by atoms with van der Waals surface area (Å²) in [6.45, 7) is 6.00. The first-order valence-corrected chi connectivity index (χ1v) is 7.73. The Morgan fingerprint density at radius 1 is 1.10 bits per heavy atom. The lowest BCUT2D eigenvalue weighted by Gasteiger charge is -2.34. The molecule has 2 heterocycles. The molecular weight excluding hydrogens is 286 g/mol. The van der Waals surface area contributed by atoms with Crippen LogP contribution >= 0.6 is 11.6 Å². The summed E-state index contributed by atoms with van der Waals surface area (Å²) in [5.74, 6) is 0. The van der Waals surface area contributed by atoms with Gasteiger partial charge in [0.2, 0.25) is 0 Å². The second kappa shape index (κ2) is 6.71. The first-order valence-electron chi connectivity index (χ1n) is 7.35. The zero-order chi connectivity index (χ0) is 14.7. The van der Waals surface area contributed by atoms with Crippen molar-refractivity contribution in [3.05, 3.63) is 41.0 Å². The van der Waals surface area contributed by atoms with E-state index >= 15 is 0 Å². The number of piperazine rings is 1. The number of rotatable bonds is 4. The summed E-state index contributed by atoms with van der Waals surface area (Å²) in [5.41, 5.74) is 2.23. The summed E-state index contributed by atoms with van der Waals surface area (Å²) in [6.07, 6.45) is 1.82. The van der Waals surface area contributed by atoms with E-state index in [4.69, 9.17) is 16.7 Å². The van der Waals surface area contributed by atoms with Gasteiger partial charge in [0, 0.05) is 55.9 Å². The van der Waals surface area contributed by atoms with Crippen molar-refractivity contribution < 1.29 is 5.11 Å². The summed E-state index contributed by atoms with van der Waals surface area (Å²) < 4.78 is 0. The molecule has 0 atom stereocenters. The minimum atomic E-state index is 0.242. The SMILES string of the molecule is OCCN1CCN(Cc2ccc(Cl)c3cccnc23)CC1. The molecule has 1 aliphatic rings. The number of benzene rings is 1. The lowest BCUT2D eigenvalue weighted by atomic mass is 10.1. The molecule has 4 nitrogen and oxygen atoms in total. The third-order valence-electron chi connectivity index (χ3n) is 4.08. The van der Waals surface area contributed by atoms with Gasteiger partial charge >= 0.3 is 0 Å². The number of pyridine rings is 1. The monoisotopic (exact) mass is 305 g/mol. The Balaban J connectivity index is 1.73. The topological polar surface area (TPSA) is 39.6 Å². The predicted molar refractivity (Wildman–Crippen MR) is 85.6 cm³/mol. The van der Waals surface area contributed by atoms with Crippen molar-refractivity contribution in [2.24, 2.45) is 0 Å². The molecule has 1 aromatic heterocycles. The lowest BCUT2D eigenvalue weighted by Crippen LogP contribution is -2.46. The molecule has 0 amide bonds. The number of halogens is 1. The highest BCUT2D eigenvalue weighted by Gasteiger charge is 2.17. The second-order valence-corrected chi connectivity index (χ2v) is 5.85. The van der Waals surface area contributed by atoms with Crippen molar-refractivity contribution in [2.75, 3.05) is 39.3 Å². The van der Waals surface area contributed by atoms with E-state index in [1.807, 2.05) is 24.4 Å². The van der Waals surface area contributed by atoms with E-state index in [-0.39, 0.29) is 6.61 Å². The average molecular weight is 306 g/mol. The molecule has 3 rings (SSSR count). The van der Waals surface area contributed by atoms with Crippen LogP contribution in [0.25, 0.3) is 10.9 Å². The van der Waals surface area contributed by atoms with Crippen LogP contribution in [0.3, 0.4) is 0 Å². The summed E-state index contributed by atoms with van der Waals surface area (Å²) >= 11 is 6.24. The van der Waals surface area contributed by atoms with Crippen molar-refractivity contribution in [1.82, 2.24) is 14.8 Å². The molecule has 0 bridgehead atoms. The molecule has 0 saturated carbocycles. The van der Waals surface area contributed by atoms with E-state index in [9.17, 15) is 0 Å². The Morgan fingerprint density at radius 2 is 1.86 bits per heavy atom. The van der Waals surface area contributed by atoms with Gasteiger partial charge in [0.15, 0.2) is 0 Å². The van der Waals surface area contributed by atoms with Crippen LogP contribution in [0.5, 0.6) is 0 Å². The maximum absolute atomic E-state index is 8.99. The number of aliphatic hydroxyl groups excluding tert-OH is 1. The summed E-state index contributed by atoms with van der Waals surface area (Å²) in [5, 5.41) is 10.8. The van der Waals surface area contributed by atoms with Crippen LogP contribution in [0.4, 0.5) is 0 Å². The fourth-order valence-corrected chi connectivity index (χ4v) is 3.09. The number of β-amino-alcohol motifs (C(OH)–C–C–N with tert-alkyl or cyclic N) is 1. The van der Waals surface area contributed by atoms with E-state index in [1.54, 1.807) is 0 Å². The number of fused-ring (bicyclic) bond motifs is 1. The lowest BCUT2D eigenvalue weighted by molar-refractivity contribution is 0.109. The Hall–Kier alpha value is -1.20. The summed E-state index contributed by atoms with van der Waals surface area (Å²) in [6, 6.07) is 7.99. The van der Waals surface area contributed by atoms with Crippen molar-refractivity contribution >= 4 is 22.5 Å². The molecule has 1 aromatic carbocycles. The van der Waals surface area contributed by atoms with Gasteiger partial charge in [-0.25, -0.2) is 0 Å². The van der Waals surface area contributed by atoms with Gasteiger partial charge in [0.25, 0.3) is 0 Å². The molecule has 0 radical (unpaired) electrons. The van der Waals surface area contributed by atoms with Crippen LogP contribution in [-0.4, -0.2) is 59.2 Å². The largest absolute Gasteiger partial charge is 0.395 e. The van der Waals surface area contributed by atoms with Gasteiger partial charge in [0.05, 0.1) is 12.1 Å². The van der Waals surface area contributed by atoms with Crippen molar-refractivity contribution in [3.8, 4) is 0 Å². The first-order chi connectivity index (χ1) is 10.3. The Kier molecular flexibility index (Phi) is 4.70. The van der Waals surface area contributed by atoms with Gasteiger partial charge in [-0.2, -0.15) is 0 Å². The number of hydrogen-bond donors (Lipinski definition) is 1. The molecule has 0 spiro atoms. The molecule has 0 aliphatic carbocycles. The minimum Gasteiger partial charge on any atom is -0.395 e. The van der Waals surface area contributed by atoms with Gasteiger partial charge in [-0.05, 0) is 23.8 Å². The third-order valence-corrected chi connectivity index (χ3v) is 4.40. The smallest absolute Gasteiger partial charge is 0.0761 e. The van der Waals surface area contributed by atoms with Crippen LogP contribution in [0.2, 0.25) is 5.02 Å². The molecular formula is C16H20ClN3O. The van der Waals surface area contributed by atoms with E-state index < -0.39 is 0 Å². The first kappa shape index (κ1) is 14.7. The van der Waals surface area contributed by atoms with E-state index in [0.29, 0.717) is 0 Å². The highest BCUT2D eigenvalue weighted by molar-refractivity contribution is 6.35. The highest BCUT2D eigenvalue weighted by Crippen LogP contribution is 2.25. The average Bonchev–Trinajstić information content (AvgIpc) is 2.52. The van der Waals surface area contributed by atoms with E-state index in [0.717, 1.165) is 55.2 Å². The fourth-order valence-electron chi connectivity index (χ4n) is 2.88. The molecule has 1 saturated heterocycles. The normalized spacial score (nSPS) is 17.4. The number of hydrogen-bond acceptors (Lipinski definition) is 4. The second-order valence-electron chi connectivity index (χ2n) is 5.45. The zero-order valence-electron chi connectivity index (χ0n) is 12.0. The van der Waals surface area contributed by atoms with Gasteiger partial charge in [-0.1, -0.05) is 17.7 Å². The van der Waals surface area contributed by atoms with Gasteiger partial charge in [-0.15, -0.1) is 0 Å². The molecule has 2 aromatic rings. The van der Waals surface area contributed by atoms with E-state index in [2.05, 4.69) is 20.9 Å². The molecule has 1 fully saturated rings. The van der Waals surface area contributed by atoms with Crippen molar-refractivity contribution in [2.45, 2.75) is 6.54 Å². The summed E-state index contributed by atoms with van der Waals surface area (Å²) in [7, 11) is 0. The Labute approximate surface area is 129 Å². The Morgan fingerprint density at radius 3 is 2.62 bits per heavy atom. The van der Waals surface area contributed by atoms with Crippen LogP contribution in [0, 0.1) is 0 Å². The van der Waals surface area contributed by atoms with Crippen LogP contribution in [0.1, 0.15) is 5.56 Å². The van der Waals surface area contributed by atoms with E-state index in [1.165, 1.54) is 5.56 Å². The number of aromatic nitrogens is 1.